The predicted octanol–water partition coefficient (Wildman–Crippen LogP) is 3.48. The highest BCUT2D eigenvalue weighted by Crippen LogP contribution is 2.25. The van der Waals surface area contributed by atoms with E-state index in [1.807, 2.05) is 13.8 Å². The fourth-order valence-electron chi connectivity index (χ4n) is 2.04. The van der Waals surface area contributed by atoms with Crippen LogP contribution in [0.2, 0.25) is 0 Å². The Labute approximate surface area is 113 Å². The van der Waals surface area contributed by atoms with E-state index in [9.17, 15) is 4.79 Å². The molecule has 0 radical (unpaired) electrons. The SMILES string of the molecule is CCc1cc(C)c(OC(=O)c2ccncc2)c(C)c1. The van der Waals surface area contributed by atoms with Crippen LogP contribution in [0.5, 0.6) is 5.75 Å². The fraction of sp³-hybridized carbons (Fsp3) is 0.250. The van der Waals surface area contributed by atoms with Gasteiger partial charge in [-0.3, -0.25) is 4.98 Å². The van der Waals surface area contributed by atoms with E-state index in [2.05, 4.69) is 24.0 Å². The average molecular weight is 255 g/mol. The third-order valence-corrected chi connectivity index (χ3v) is 3.04. The molecule has 2 aromatic rings. The molecule has 19 heavy (non-hydrogen) atoms. The van der Waals surface area contributed by atoms with Crippen LogP contribution in [0.1, 0.15) is 34.0 Å². The van der Waals surface area contributed by atoms with Crippen LogP contribution >= 0.6 is 0 Å². The summed E-state index contributed by atoms with van der Waals surface area (Å²) in [5, 5.41) is 0. The Hall–Kier alpha value is -2.16. The summed E-state index contributed by atoms with van der Waals surface area (Å²) in [5.74, 6) is 0.303. The molecule has 0 amide bonds. The summed E-state index contributed by atoms with van der Waals surface area (Å²) in [4.78, 5) is 15.9. The number of aromatic nitrogens is 1. The van der Waals surface area contributed by atoms with Crippen molar-refractivity contribution in [1.82, 2.24) is 4.98 Å². The zero-order valence-corrected chi connectivity index (χ0v) is 11.4. The Kier molecular flexibility index (Phi) is 3.95. The minimum Gasteiger partial charge on any atom is -0.422 e. The molecule has 2 rings (SSSR count). The summed E-state index contributed by atoms with van der Waals surface area (Å²) < 4.78 is 5.49. The number of aryl methyl sites for hydroxylation is 3. The van der Waals surface area contributed by atoms with Crippen molar-refractivity contribution in [2.45, 2.75) is 27.2 Å². The molecule has 0 atom stereocenters. The number of carbonyl (C=O) groups excluding carboxylic acids is 1. The van der Waals surface area contributed by atoms with E-state index in [0.29, 0.717) is 11.3 Å². The first-order chi connectivity index (χ1) is 9.11. The highest BCUT2D eigenvalue weighted by Gasteiger charge is 2.12. The van der Waals surface area contributed by atoms with Crippen LogP contribution in [-0.2, 0) is 6.42 Å². The lowest BCUT2D eigenvalue weighted by Crippen LogP contribution is -2.10. The van der Waals surface area contributed by atoms with Crippen LogP contribution in [-0.4, -0.2) is 11.0 Å². The zero-order valence-electron chi connectivity index (χ0n) is 11.4. The van der Waals surface area contributed by atoms with Gasteiger partial charge in [0, 0.05) is 12.4 Å². The first-order valence-corrected chi connectivity index (χ1v) is 6.34. The molecular weight excluding hydrogens is 238 g/mol. The van der Waals surface area contributed by atoms with E-state index in [-0.39, 0.29) is 5.97 Å². The third kappa shape index (κ3) is 2.99. The Morgan fingerprint density at radius 1 is 1.16 bits per heavy atom. The lowest BCUT2D eigenvalue weighted by atomic mass is 10.0. The smallest absolute Gasteiger partial charge is 0.343 e. The van der Waals surface area contributed by atoms with Crippen molar-refractivity contribution in [3.05, 3.63) is 58.9 Å². The second kappa shape index (κ2) is 5.65. The highest BCUT2D eigenvalue weighted by molar-refractivity contribution is 5.91. The van der Waals surface area contributed by atoms with Crippen LogP contribution in [0.15, 0.2) is 36.7 Å². The largest absolute Gasteiger partial charge is 0.422 e. The van der Waals surface area contributed by atoms with Crippen molar-refractivity contribution in [3.63, 3.8) is 0 Å². The molecule has 0 N–H and O–H groups in total. The van der Waals surface area contributed by atoms with Gasteiger partial charge in [0.2, 0.25) is 0 Å². The van der Waals surface area contributed by atoms with Crippen LogP contribution in [0.3, 0.4) is 0 Å². The maximum Gasteiger partial charge on any atom is 0.343 e. The molecule has 0 saturated heterocycles. The van der Waals surface area contributed by atoms with Crippen LogP contribution < -0.4 is 4.74 Å². The highest BCUT2D eigenvalue weighted by atomic mass is 16.5. The Morgan fingerprint density at radius 2 is 1.74 bits per heavy atom. The summed E-state index contributed by atoms with van der Waals surface area (Å²) in [6.45, 7) is 6.03. The maximum atomic E-state index is 12.0. The molecule has 0 aliphatic rings. The minimum atomic E-state index is -0.349. The summed E-state index contributed by atoms with van der Waals surface area (Å²) in [6, 6.07) is 7.41. The molecule has 0 saturated carbocycles. The number of carbonyl (C=O) groups is 1. The van der Waals surface area contributed by atoms with Gasteiger partial charge in [0.05, 0.1) is 5.56 Å². The van der Waals surface area contributed by atoms with Crippen LogP contribution in [0.4, 0.5) is 0 Å². The van der Waals surface area contributed by atoms with Crippen molar-refractivity contribution in [1.29, 1.82) is 0 Å². The second-order valence-electron chi connectivity index (χ2n) is 4.54. The molecule has 0 aliphatic heterocycles. The lowest BCUT2D eigenvalue weighted by molar-refractivity contribution is 0.0732. The zero-order chi connectivity index (χ0) is 13.8. The molecule has 3 heteroatoms. The lowest BCUT2D eigenvalue weighted by Gasteiger charge is -2.12. The molecule has 0 fully saturated rings. The molecule has 0 bridgehead atoms. The van der Waals surface area contributed by atoms with Gasteiger partial charge in [-0.1, -0.05) is 19.1 Å². The number of ether oxygens (including phenoxy) is 1. The minimum absolute atomic E-state index is 0.349. The normalized spacial score (nSPS) is 10.3. The van der Waals surface area contributed by atoms with Gasteiger partial charge in [0.25, 0.3) is 0 Å². The van der Waals surface area contributed by atoms with E-state index in [4.69, 9.17) is 4.74 Å². The van der Waals surface area contributed by atoms with E-state index in [1.54, 1.807) is 24.5 Å². The molecule has 1 aromatic carbocycles. The maximum absolute atomic E-state index is 12.0. The quantitative estimate of drug-likeness (QED) is 0.622. The number of benzene rings is 1. The fourth-order valence-corrected chi connectivity index (χ4v) is 2.04. The number of nitrogens with zero attached hydrogens (tertiary/aromatic N) is 1. The van der Waals surface area contributed by atoms with E-state index >= 15 is 0 Å². The summed E-state index contributed by atoms with van der Waals surface area (Å²) >= 11 is 0. The number of hydrogen-bond acceptors (Lipinski definition) is 3. The van der Waals surface area contributed by atoms with Crippen molar-refractivity contribution < 1.29 is 9.53 Å². The number of esters is 1. The van der Waals surface area contributed by atoms with Crippen LogP contribution in [0.25, 0.3) is 0 Å². The summed E-state index contributed by atoms with van der Waals surface area (Å²) in [5.41, 5.74) is 3.73. The van der Waals surface area contributed by atoms with Gasteiger partial charge in [-0.05, 0) is 49.1 Å². The topological polar surface area (TPSA) is 39.2 Å². The number of pyridine rings is 1. The number of hydrogen-bond donors (Lipinski definition) is 0. The predicted molar refractivity (Wildman–Crippen MR) is 74.5 cm³/mol. The van der Waals surface area contributed by atoms with Crippen molar-refractivity contribution in [3.8, 4) is 5.75 Å². The van der Waals surface area contributed by atoms with Gasteiger partial charge in [0.1, 0.15) is 5.75 Å². The van der Waals surface area contributed by atoms with Gasteiger partial charge in [-0.2, -0.15) is 0 Å². The summed E-state index contributed by atoms with van der Waals surface area (Å²) in [7, 11) is 0. The van der Waals surface area contributed by atoms with Crippen molar-refractivity contribution in [2.24, 2.45) is 0 Å². The van der Waals surface area contributed by atoms with Gasteiger partial charge >= 0.3 is 5.97 Å². The van der Waals surface area contributed by atoms with E-state index < -0.39 is 0 Å². The Morgan fingerprint density at radius 3 is 2.26 bits per heavy atom. The van der Waals surface area contributed by atoms with Gasteiger partial charge in [0.15, 0.2) is 0 Å². The standard InChI is InChI=1S/C16H17NO2/c1-4-13-9-11(2)15(12(3)10-13)19-16(18)14-5-7-17-8-6-14/h5-10H,4H2,1-3H3. The first-order valence-electron chi connectivity index (χ1n) is 6.34. The van der Waals surface area contributed by atoms with E-state index in [1.165, 1.54) is 5.56 Å². The van der Waals surface area contributed by atoms with Crippen molar-refractivity contribution >= 4 is 5.97 Å². The molecule has 0 unspecified atom stereocenters. The second-order valence-corrected chi connectivity index (χ2v) is 4.54. The molecule has 0 spiro atoms. The molecular formula is C16H17NO2. The van der Waals surface area contributed by atoms with Crippen LogP contribution in [0, 0.1) is 13.8 Å². The first kappa shape index (κ1) is 13.3. The number of rotatable bonds is 3. The molecule has 1 heterocycles. The molecule has 0 aliphatic carbocycles. The van der Waals surface area contributed by atoms with Gasteiger partial charge in [-0.25, -0.2) is 4.79 Å². The molecule has 1 aromatic heterocycles. The third-order valence-electron chi connectivity index (χ3n) is 3.04. The molecule has 98 valence electrons. The van der Waals surface area contributed by atoms with Gasteiger partial charge < -0.3 is 4.74 Å². The summed E-state index contributed by atoms with van der Waals surface area (Å²) in [6.07, 6.45) is 4.13. The monoisotopic (exact) mass is 255 g/mol. The molecule has 3 nitrogen and oxygen atoms in total. The van der Waals surface area contributed by atoms with Gasteiger partial charge in [-0.15, -0.1) is 0 Å². The Bertz CT molecular complexity index is 568. The Balaban J connectivity index is 2.27. The average Bonchev–Trinajstić information content (AvgIpc) is 2.43. The van der Waals surface area contributed by atoms with E-state index in [0.717, 1.165) is 17.5 Å². The van der Waals surface area contributed by atoms with Crippen molar-refractivity contribution in [2.75, 3.05) is 0 Å².